The third-order valence-electron chi connectivity index (χ3n) is 3.63. The van der Waals surface area contributed by atoms with Gasteiger partial charge < -0.3 is 4.57 Å². The van der Waals surface area contributed by atoms with Gasteiger partial charge in [0, 0.05) is 22.8 Å². The van der Waals surface area contributed by atoms with E-state index in [0.29, 0.717) is 0 Å². The van der Waals surface area contributed by atoms with Crippen molar-refractivity contribution in [3.8, 4) is 11.4 Å². The lowest BCUT2D eigenvalue weighted by Gasteiger charge is -2.11. The van der Waals surface area contributed by atoms with Crippen molar-refractivity contribution in [3.05, 3.63) is 65.2 Å². The van der Waals surface area contributed by atoms with Crippen molar-refractivity contribution in [2.45, 2.75) is 27.7 Å². The van der Waals surface area contributed by atoms with Crippen molar-refractivity contribution in [3.63, 3.8) is 0 Å². The molecule has 3 nitrogen and oxygen atoms in total. The van der Waals surface area contributed by atoms with Crippen LogP contribution in [0.2, 0.25) is 0 Å². The molecule has 0 unspecified atom stereocenters. The number of nitrogens with zero attached hydrogens (tertiary/aromatic N) is 3. The second-order valence-electron chi connectivity index (χ2n) is 5.31. The highest BCUT2D eigenvalue weighted by atomic mass is 15.3. The molecule has 0 bridgehead atoms. The van der Waals surface area contributed by atoms with E-state index in [-0.39, 0.29) is 0 Å². The monoisotopic (exact) mass is 265 g/mol. The van der Waals surface area contributed by atoms with Gasteiger partial charge >= 0.3 is 0 Å². The standard InChI is InChI=1S/C17H19N3/c1-12-11-15(4)20(18-12)17-9-7-16(8-10-17)19-13(2)5-6-14(19)3/h5-11H,1-4H3. The lowest BCUT2D eigenvalue weighted by atomic mass is 10.2. The fraction of sp³-hybridized carbons (Fsp3) is 0.235. The normalized spacial score (nSPS) is 11.0. The molecule has 0 aliphatic heterocycles. The van der Waals surface area contributed by atoms with E-state index in [4.69, 9.17) is 0 Å². The highest BCUT2D eigenvalue weighted by Gasteiger charge is 2.06. The Kier molecular flexibility index (Phi) is 2.97. The van der Waals surface area contributed by atoms with Gasteiger partial charge in [-0.2, -0.15) is 5.10 Å². The summed E-state index contributed by atoms with van der Waals surface area (Å²) < 4.78 is 4.24. The molecule has 0 amide bonds. The van der Waals surface area contributed by atoms with Gasteiger partial charge in [0.15, 0.2) is 0 Å². The van der Waals surface area contributed by atoms with E-state index in [1.54, 1.807) is 0 Å². The lowest BCUT2D eigenvalue weighted by molar-refractivity contribution is 0.832. The Bertz CT molecular complexity index is 726. The maximum Gasteiger partial charge on any atom is 0.0650 e. The summed E-state index contributed by atoms with van der Waals surface area (Å²) in [6.45, 7) is 8.35. The Labute approximate surface area is 119 Å². The highest BCUT2D eigenvalue weighted by Crippen LogP contribution is 2.19. The van der Waals surface area contributed by atoms with E-state index >= 15 is 0 Å². The van der Waals surface area contributed by atoms with Gasteiger partial charge in [0.25, 0.3) is 0 Å². The fourth-order valence-corrected chi connectivity index (χ4v) is 2.71. The second kappa shape index (κ2) is 4.67. The summed E-state index contributed by atoms with van der Waals surface area (Å²) in [6, 6.07) is 14.9. The van der Waals surface area contributed by atoms with E-state index in [1.165, 1.54) is 17.1 Å². The van der Waals surface area contributed by atoms with Crippen LogP contribution in [0.4, 0.5) is 0 Å². The van der Waals surface area contributed by atoms with Crippen LogP contribution in [0.15, 0.2) is 42.5 Å². The average Bonchev–Trinajstić information content (AvgIpc) is 2.93. The Morgan fingerprint density at radius 3 is 1.75 bits per heavy atom. The minimum atomic E-state index is 1.05. The zero-order valence-corrected chi connectivity index (χ0v) is 12.4. The molecule has 0 aliphatic rings. The molecule has 2 aromatic heterocycles. The zero-order chi connectivity index (χ0) is 14.3. The molecule has 0 saturated carbocycles. The molecule has 0 saturated heterocycles. The first-order valence-electron chi connectivity index (χ1n) is 6.85. The SMILES string of the molecule is Cc1cc(C)n(-c2ccc(-n3c(C)ccc3C)cc2)n1. The van der Waals surface area contributed by atoms with Crippen LogP contribution in [0.5, 0.6) is 0 Å². The molecule has 3 aromatic rings. The van der Waals surface area contributed by atoms with Crippen molar-refractivity contribution in [1.29, 1.82) is 0 Å². The molecular weight excluding hydrogens is 246 g/mol. The minimum absolute atomic E-state index is 1.05. The van der Waals surface area contributed by atoms with Gasteiger partial charge in [-0.05, 0) is 70.2 Å². The van der Waals surface area contributed by atoms with Gasteiger partial charge in [0.2, 0.25) is 0 Å². The quantitative estimate of drug-likeness (QED) is 0.689. The number of aromatic nitrogens is 3. The Hall–Kier alpha value is -2.29. The first-order valence-corrected chi connectivity index (χ1v) is 6.85. The molecule has 0 atom stereocenters. The Morgan fingerprint density at radius 2 is 1.25 bits per heavy atom. The average molecular weight is 265 g/mol. The highest BCUT2D eigenvalue weighted by molar-refractivity contribution is 5.44. The first kappa shape index (κ1) is 12.7. The lowest BCUT2D eigenvalue weighted by Crippen LogP contribution is -2.01. The summed E-state index contributed by atoms with van der Waals surface area (Å²) in [5, 5.41) is 4.52. The molecule has 0 radical (unpaired) electrons. The van der Waals surface area contributed by atoms with Gasteiger partial charge in [-0.25, -0.2) is 4.68 Å². The van der Waals surface area contributed by atoms with E-state index in [1.807, 2.05) is 11.6 Å². The van der Waals surface area contributed by atoms with Gasteiger partial charge in [0.05, 0.1) is 11.4 Å². The van der Waals surface area contributed by atoms with Crippen LogP contribution in [0.1, 0.15) is 22.8 Å². The van der Waals surface area contributed by atoms with Crippen LogP contribution in [-0.2, 0) is 0 Å². The van der Waals surface area contributed by atoms with Crippen molar-refractivity contribution >= 4 is 0 Å². The maximum atomic E-state index is 4.52. The van der Waals surface area contributed by atoms with Crippen molar-refractivity contribution in [2.24, 2.45) is 0 Å². The van der Waals surface area contributed by atoms with E-state index in [2.05, 4.69) is 72.9 Å². The van der Waals surface area contributed by atoms with Crippen LogP contribution in [0.3, 0.4) is 0 Å². The summed E-state index contributed by atoms with van der Waals surface area (Å²) in [6.07, 6.45) is 0. The molecular formula is C17H19N3. The molecule has 0 spiro atoms. The molecule has 0 fully saturated rings. The molecule has 2 heterocycles. The van der Waals surface area contributed by atoms with Crippen LogP contribution in [0, 0.1) is 27.7 Å². The minimum Gasteiger partial charge on any atom is -0.319 e. The number of benzene rings is 1. The second-order valence-corrected chi connectivity index (χ2v) is 5.31. The van der Waals surface area contributed by atoms with Crippen LogP contribution >= 0.6 is 0 Å². The summed E-state index contributed by atoms with van der Waals surface area (Å²) >= 11 is 0. The zero-order valence-electron chi connectivity index (χ0n) is 12.4. The molecule has 3 heteroatoms. The van der Waals surface area contributed by atoms with E-state index in [0.717, 1.165) is 17.1 Å². The molecule has 0 N–H and O–H groups in total. The number of aryl methyl sites for hydroxylation is 4. The Balaban J connectivity index is 2.02. The van der Waals surface area contributed by atoms with Crippen LogP contribution in [0.25, 0.3) is 11.4 Å². The van der Waals surface area contributed by atoms with Crippen LogP contribution in [-0.4, -0.2) is 14.3 Å². The third kappa shape index (κ3) is 2.05. The fourth-order valence-electron chi connectivity index (χ4n) is 2.71. The number of rotatable bonds is 2. The largest absolute Gasteiger partial charge is 0.319 e. The molecule has 1 aromatic carbocycles. The molecule has 20 heavy (non-hydrogen) atoms. The number of hydrogen-bond donors (Lipinski definition) is 0. The van der Waals surface area contributed by atoms with Crippen molar-refractivity contribution in [2.75, 3.05) is 0 Å². The molecule has 3 rings (SSSR count). The summed E-state index contributed by atoms with van der Waals surface area (Å²) in [5.41, 5.74) is 6.99. The predicted octanol–water partition coefficient (Wildman–Crippen LogP) is 3.90. The van der Waals surface area contributed by atoms with E-state index < -0.39 is 0 Å². The first-order chi connectivity index (χ1) is 9.56. The van der Waals surface area contributed by atoms with Crippen molar-refractivity contribution in [1.82, 2.24) is 14.3 Å². The van der Waals surface area contributed by atoms with Gasteiger partial charge in [0.1, 0.15) is 0 Å². The molecule has 0 aliphatic carbocycles. The number of hydrogen-bond acceptors (Lipinski definition) is 1. The van der Waals surface area contributed by atoms with Gasteiger partial charge in [-0.15, -0.1) is 0 Å². The smallest absolute Gasteiger partial charge is 0.0650 e. The van der Waals surface area contributed by atoms with Crippen molar-refractivity contribution < 1.29 is 0 Å². The third-order valence-corrected chi connectivity index (χ3v) is 3.63. The topological polar surface area (TPSA) is 22.8 Å². The Morgan fingerprint density at radius 1 is 0.700 bits per heavy atom. The predicted molar refractivity (Wildman–Crippen MR) is 81.8 cm³/mol. The van der Waals surface area contributed by atoms with Gasteiger partial charge in [-0.1, -0.05) is 0 Å². The maximum absolute atomic E-state index is 4.52. The van der Waals surface area contributed by atoms with Crippen LogP contribution < -0.4 is 0 Å². The van der Waals surface area contributed by atoms with E-state index in [9.17, 15) is 0 Å². The summed E-state index contributed by atoms with van der Waals surface area (Å²) in [5.74, 6) is 0. The summed E-state index contributed by atoms with van der Waals surface area (Å²) in [7, 11) is 0. The van der Waals surface area contributed by atoms with Gasteiger partial charge in [-0.3, -0.25) is 0 Å². The summed E-state index contributed by atoms with van der Waals surface area (Å²) in [4.78, 5) is 0. The molecule has 102 valence electrons.